The summed E-state index contributed by atoms with van der Waals surface area (Å²) in [5, 5.41) is 9.59. The fraction of sp³-hybridized carbons (Fsp3) is 0.154. The fourth-order valence-electron chi connectivity index (χ4n) is 1.48. The van der Waals surface area contributed by atoms with Crippen LogP contribution in [-0.2, 0) is 6.42 Å². The quantitative estimate of drug-likeness (QED) is 0.836. The lowest BCUT2D eigenvalue weighted by Gasteiger charge is -2.11. The van der Waals surface area contributed by atoms with E-state index in [2.05, 4.69) is 28.1 Å². The maximum absolute atomic E-state index is 6.04. The molecule has 1 aromatic carbocycles. The predicted molar refractivity (Wildman–Crippen MR) is 83.7 cm³/mol. The molecule has 0 bridgehead atoms. The standard InChI is InChI=1S/C13H13ClN2S2/c14-11-5-1-2-6-12(11)16-13(17)15-8-7-10-4-3-9-18-10/h1-6,9H,7-8H2,(H2,15,16,17). The Kier molecular flexibility index (Phi) is 4.99. The van der Waals surface area contributed by atoms with E-state index in [1.54, 1.807) is 11.3 Å². The zero-order valence-electron chi connectivity index (χ0n) is 9.65. The Morgan fingerprint density at radius 1 is 1.22 bits per heavy atom. The molecule has 0 saturated carbocycles. The molecule has 0 radical (unpaired) electrons. The average molecular weight is 297 g/mol. The van der Waals surface area contributed by atoms with Crippen LogP contribution in [-0.4, -0.2) is 11.7 Å². The first kappa shape index (κ1) is 13.3. The highest BCUT2D eigenvalue weighted by molar-refractivity contribution is 7.80. The summed E-state index contributed by atoms with van der Waals surface area (Å²) < 4.78 is 0. The molecule has 0 aliphatic carbocycles. The summed E-state index contributed by atoms with van der Waals surface area (Å²) in [6.45, 7) is 0.816. The van der Waals surface area contributed by atoms with Gasteiger partial charge in [0.15, 0.2) is 5.11 Å². The SMILES string of the molecule is S=C(NCCc1cccs1)Nc1ccccc1Cl. The molecule has 2 nitrogen and oxygen atoms in total. The van der Waals surface area contributed by atoms with Crippen molar-refractivity contribution in [2.24, 2.45) is 0 Å². The van der Waals surface area contributed by atoms with Gasteiger partial charge < -0.3 is 10.6 Å². The topological polar surface area (TPSA) is 24.1 Å². The van der Waals surface area contributed by atoms with E-state index < -0.39 is 0 Å². The second-order valence-corrected chi connectivity index (χ2v) is 5.54. The Labute approximate surface area is 121 Å². The van der Waals surface area contributed by atoms with Crippen LogP contribution >= 0.6 is 35.2 Å². The third-order valence-corrected chi connectivity index (χ3v) is 3.87. The van der Waals surface area contributed by atoms with Gasteiger partial charge in [-0.3, -0.25) is 0 Å². The molecule has 18 heavy (non-hydrogen) atoms. The number of para-hydroxylation sites is 1. The lowest BCUT2D eigenvalue weighted by atomic mass is 10.3. The molecule has 2 aromatic rings. The van der Waals surface area contributed by atoms with E-state index in [-0.39, 0.29) is 0 Å². The molecule has 0 fully saturated rings. The minimum absolute atomic E-state index is 0.597. The molecule has 0 spiro atoms. The molecular formula is C13H13ClN2S2. The molecule has 94 valence electrons. The maximum Gasteiger partial charge on any atom is 0.170 e. The molecule has 0 aliphatic rings. The van der Waals surface area contributed by atoms with Crippen molar-refractivity contribution in [3.8, 4) is 0 Å². The van der Waals surface area contributed by atoms with Crippen LogP contribution in [0.5, 0.6) is 0 Å². The molecule has 0 saturated heterocycles. The summed E-state index contributed by atoms with van der Waals surface area (Å²) in [5.41, 5.74) is 0.827. The van der Waals surface area contributed by atoms with E-state index in [0.29, 0.717) is 10.1 Å². The number of thiophene rings is 1. The van der Waals surface area contributed by atoms with Crippen molar-refractivity contribution < 1.29 is 0 Å². The predicted octanol–water partition coefficient (Wildman–Crippen LogP) is 3.93. The Morgan fingerprint density at radius 3 is 2.78 bits per heavy atom. The van der Waals surface area contributed by atoms with Gasteiger partial charge in [-0.25, -0.2) is 0 Å². The van der Waals surface area contributed by atoms with Crippen LogP contribution in [0.15, 0.2) is 41.8 Å². The summed E-state index contributed by atoms with van der Waals surface area (Å²) in [5.74, 6) is 0. The third-order valence-electron chi connectivity index (χ3n) is 2.36. The van der Waals surface area contributed by atoms with Gasteiger partial charge >= 0.3 is 0 Å². The Bertz CT molecular complexity index is 511. The molecular weight excluding hydrogens is 284 g/mol. The van der Waals surface area contributed by atoms with Crippen LogP contribution in [0.25, 0.3) is 0 Å². The molecule has 2 N–H and O–H groups in total. The number of nitrogens with one attached hydrogen (secondary N) is 2. The van der Waals surface area contributed by atoms with E-state index in [9.17, 15) is 0 Å². The van der Waals surface area contributed by atoms with Crippen molar-refractivity contribution in [2.45, 2.75) is 6.42 Å². The van der Waals surface area contributed by atoms with Crippen LogP contribution in [0.4, 0.5) is 5.69 Å². The Balaban J connectivity index is 1.77. The summed E-state index contributed by atoms with van der Waals surface area (Å²) in [6, 6.07) is 11.7. The number of anilines is 1. The smallest absolute Gasteiger partial charge is 0.170 e. The van der Waals surface area contributed by atoms with E-state index in [4.69, 9.17) is 23.8 Å². The number of thiocarbonyl (C=S) groups is 1. The van der Waals surface area contributed by atoms with Gasteiger partial charge in [0, 0.05) is 11.4 Å². The molecule has 0 unspecified atom stereocenters. The molecule has 5 heteroatoms. The number of hydrogen-bond acceptors (Lipinski definition) is 2. The second-order valence-electron chi connectivity index (χ2n) is 3.69. The van der Waals surface area contributed by atoms with Crippen molar-refractivity contribution in [3.05, 3.63) is 51.7 Å². The van der Waals surface area contributed by atoms with Crippen molar-refractivity contribution in [1.29, 1.82) is 0 Å². The largest absolute Gasteiger partial charge is 0.362 e. The molecule has 0 aliphatic heterocycles. The van der Waals surface area contributed by atoms with Crippen molar-refractivity contribution >= 4 is 46.0 Å². The van der Waals surface area contributed by atoms with E-state index in [0.717, 1.165) is 18.7 Å². The van der Waals surface area contributed by atoms with Gasteiger partial charge in [0.05, 0.1) is 10.7 Å². The number of hydrogen-bond donors (Lipinski definition) is 2. The zero-order chi connectivity index (χ0) is 12.8. The molecule has 1 heterocycles. The normalized spacial score (nSPS) is 10.1. The van der Waals surface area contributed by atoms with E-state index in [1.165, 1.54) is 4.88 Å². The second kappa shape index (κ2) is 6.73. The van der Waals surface area contributed by atoms with E-state index in [1.807, 2.05) is 24.3 Å². The summed E-state index contributed by atoms with van der Waals surface area (Å²) >= 11 is 13.0. The number of benzene rings is 1. The summed E-state index contributed by atoms with van der Waals surface area (Å²) in [4.78, 5) is 1.35. The van der Waals surface area contributed by atoms with Gasteiger partial charge in [0.2, 0.25) is 0 Å². The van der Waals surface area contributed by atoms with Crippen molar-refractivity contribution in [3.63, 3.8) is 0 Å². The number of halogens is 1. The molecule has 0 atom stereocenters. The highest BCUT2D eigenvalue weighted by Gasteiger charge is 2.01. The van der Waals surface area contributed by atoms with Gasteiger partial charge in [-0.15, -0.1) is 11.3 Å². The first-order valence-electron chi connectivity index (χ1n) is 5.57. The molecule has 2 rings (SSSR count). The minimum Gasteiger partial charge on any atom is -0.362 e. The van der Waals surface area contributed by atoms with Gasteiger partial charge in [0.25, 0.3) is 0 Å². The van der Waals surface area contributed by atoms with E-state index >= 15 is 0 Å². The fourth-order valence-corrected chi connectivity index (χ4v) is 2.59. The van der Waals surface area contributed by atoms with Gasteiger partial charge in [-0.1, -0.05) is 29.8 Å². The van der Waals surface area contributed by atoms with Crippen LogP contribution in [0, 0.1) is 0 Å². The van der Waals surface area contributed by atoms with Crippen LogP contribution in [0.3, 0.4) is 0 Å². The first-order valence-corrected chi connectivity index (χ1v) is 7.24. The lowest BCUT2D eigenvalue weighted by molar-refractivity contribution is 0.885. The van der Waals surface area contributed by atoms with Crippen LogP contribution < -0.4 is 10.6 Å². The molecule has 1 aromatic heterocycles. The van der Waals surface area contributed by atoms with Gasteiger partial charge in [-0.05, 0) is 42.2 Å². The zero-order valence-corrected chi connectivity index (χ0v) is 12.0. The summed E-state index contributed by atoms with van der Waals surface area (Å²) in [7, 11) is 0. The third kappa shape index (κ3) is 3.98. The highest BCUT2D eigenvalue weighted by Crippen LogP contribution is 2.20. The minimum atomic E-state index is 0.597. The Hall–Kier alpha value is -1.10. The number of rotatable bonds is 4. The Morgan fingerprint density at radius 2 is 2.06 bits per heavy atom. The van der Waals surface area contributed by atoms with Gasteiger partial charge in [0.1, 0.15) is 0 Å². The lowest BCUT2D eigenvalue weighted by Crippen LogP contribution is -2.30. The maximum atomic E-state index is 6.04. The van der Waals surface area contributed by atoms with Crippen molar-refractivity contribution in [1.82, 2.24) is 5.32 Å². The molecule has 0 amide bonds. The monoisotopic (exact) mass is 296 g/mol. The first-order chi connectivity index (χ1) is 8.75. The highest BCUT2D eigenvalue weighted by atomic mass is 35.5. The van der Waals surface area contributed by atoms with Crippen LogP contribution in [0.2, 0.25) is 5.02 Å². The average Bonchev–Trinajstić information content (AvgIpc) is 2.85. The van der Waals surface area contributed by atoms with Gasteiger partial charge in [-0.2, -0.15) is 0 Å². The van der Waals surface area contributed by atoms with Crippen LogP contribution in [0.1, 0.15) is 4.88 Å². The van der Waals surface area contributed by atoms with Crippen molar-refractivity contribution in [2.75, 3.05) is 11.9 Å². The summed E-state index contributed by atoms with van der Waals surface area (Å²) in [6.07, 6.45) is 0.974.